The summed E-state index contributed by atoms with van der Waals surface area (Å²) >= 11 is 0. The van der Waals surface area contributed by atoms with Gasteiger partial charge in [0.25, 0.3) is 0 Å². The van der Waals surface area contributed by atoms with Crippen LogP contribution in [-0.4, -0.2) is 11.1 Å². The van der Waals surface area contributed by atoms with Crippen LogP contribution in [0.15, 0.2) is 36.4 Å². The van der Waals surface area contributed by atoms with E-state index in [1.165, 1.54) is 24.3 Å². The van der Waals surface area contributed by atoms with Crippen molar-refractivity contribution < 1.29 is 23.1 Å². The Morgan fingerprint density at radius 3 is 2.50 bits per heavy atom. The van der Waals surface area contributed by atoms with E-state index >= 15 is 0 Å². The van der Waals surface area contributed by atoms with Gasteiger partial charge in [0, 0.05) is 0 Å². The third kappa shape index (κ3) is 2.45. The Hall–Kier alpha value is -2.04. The van der Waals surface area contributed by atoms with Gasteiger partial charge in [-0.15, -0.1) is 0 Å². The van der Waals surface area contributed by atoms with Gasteiger partial charge in [0.15, 0.2) is 0 Å². The number of hydrogen-bond acceptors (Lipinski definition) is 1. The fourth-order valence-corrected chi connectivity index (χ4v) is 1.85. The van der Waals surface area contributed by atoms with E-state index in [0.717, 1.165) is 6.07 Å². The standard InChI is InChI=1S/C13H9F3O2/c14-13(15,16)11-3-1-2-9-5-4-8(6-10(9)11)7-12(17)18/h1-6H,7H2,(H,17,18). The topological polar surface area (TPSA) is 37.3 Å². The summed E-state index contributed by atoms with van der Waals surface area (Å²) in [6.45, 7) is 0. The molecule has 0 aliphatic heterocycles. The molecule has 2 aromatic rings. The van der Waals surface area contributed by atoms with E-state index in [0.29, 0.717) is 10.9 Å². The fraction of sp³-hybridized carbons (Fsp3) is 0.154. The molecule has 94 valence electrons. The van der Waals surface area contributed by atoms with Crippen LogP contribution in [-0.2, 0) is 17.4 Å². The maximum atomic E-state index is 12.8. The maximum absolute atomic E-state index is 12.8. The summed E-state index contributed by atoms with van der Waals surface area (Å²) in [4.78, 5) is 10.6. The highest BCUT2D eigenvalue weighted by Crippen LogP contribution is 2.35. The minimum Gasteiger partial charge on any atom is -0.481 e. The number of carboxylic acid groups (broad SMARTS) is 1. The van der Waals surface area contributed by atoms with Crippen LogP contribution in [0.5, 0.6) is 0 Å². The van der Waals surface area contributed by atoms with Crippen LogP contribution in [0.1, 0.15) is 11.1 Å². The van der Waals surface area contributed by atoms with E-state index in [-0.39, 0.29) is 11.8 Å². The van der Waals surface area contributed by atoms with E-state index in [9.17, 15) is 18.0 Å². The molecule has 0 heterocycles. The number of benzene rings is 2. The second-order valence-corrected chi connectivity index (χ2v) is 3.93. The summed E-state index contributed by atoms with van der Waals surface area (Å²) in [5.74, 6) is -1.07. The van der Waals surface area contributed by atoms with Crippen molar-refractivity contribution >= 4 is 16.7 Å². The predicted molar refractivity (Wildman–Crippen MR) is 60.3 cm³/mol. The first-order valence-electron chi connectivity index (χ1n) is 5.18. The molecule has 18 heavy (non-hydrogen) atoms. The van der Waals surface area contributed by atoms with Gasteiger partial charge in [-0.3, -0.25) is 4.79 Å². The van der Waals surface area contributed by atoms with Gasteiger partial charge >= 0.3 is 12.1 Å². The summed E-state index contributed by atoms with van der Waals surface area (Å²) in [6.07, 6.45) is -4.73. The molecule has 2 aromatic carbocycles. The van der Waals surface area contributed by atoms with Crippen LogP contribution in [0, 0.1) is 0 Å². The highest BCUT2D eigenvalue weighted by atomic mass is 19.4. The summed E-state index contributed by atoms with van der Waals surface area (Å²) < 4.78 is 38.4. The largest absolute Gasteiger partial charge is 0.481 e. The van der Waals surface area contributed by atoms with Crippen molar-refractivity contribution in [3.05, 3.63) is 47.5 Å². The Morgan fingerprint density at radius 1 is 1.17 bits per heavy atom. The van der Waals surface area contributed by atoms with Crippen LogP contribution >= 0.6 is 0 Å². The smallest absolute Gasteiger partial charge is 0.417 e. The van der Waals surface area contributed by atoms with E-state index in [4.69, 9.17) is 5.11 Å². The van der Waals surface area contributed by atoms with Crippen LogP contribution in [0.2, 0.25) is 0 Å². The van der Waals surface area contributed by atoms with Gasteiger partial charge in [0.1, 0.15) is 0 Å². The van der Waals surface area contributed by atoms with Gasteiger partial charge in [-0.25, -0.2) is 0 Å². The summed E-state index contributed by atoms with van der Waals surface area (Å²) in [5, 5.41) is 9.12. The zero-order valence-electron chi connectivity index (χ0n) is 9.16. The normalized spacial score (nSPS) is 11.7. The summed E-state index contributed by atoms with van der Waals surface area (Å²) in [7, 11) is 0. The van der Waals surface area contributed by atoms with Gasteiger partial charge in [-0.2, -0.15) is 13.2 Å². The molecular formula is C13H9F3O2. The van der Waals surface area contributed by atoms with Crippen molar-refractivity contribution in [2.24, 2.45) is 0 Å². The number of carboxylic acids is 1. The fourth-order valence-electron chi connectivity index (χ4n) is 1.85. The Kier molecular flexibility index (Phi) is 2.98. The second-order valence-electron chi connectivity index (χ2n) is 3.93. The SMILES string of the molecule is O=C(O)Cc1ccc2cccc(C(F)(F)F)c2c1. The molecule has 0 spiro atoms. The highest BCUT2D eigenvalue weighted by molar-refractivity contribution is 5.87. The summed E-state index contributed by atoms with van der Waals surface area (Å²) in [6, 6.07) is 8.20. The quantitative estimate of drug-likeness (QED) is 0.890. The number of alkyl halides is 3. The molecule has 0 aliphatic rings. The molecule has 0 radical (unpaired) electrons. The average molecular weight is 254 g/mol. The van der Waals surface area contributed by atoms with Crippen molar-refractivity contribution in [2.45, 2.75) is 12.6 Å². The molecular weight excluding hydrogens is 245 g/mol. The van der Waals surface area contributed by atoms with E-state index < -0.39 is 17.7 Å². The second kappa shape index (κ2) is 4.33. The van der Waals surface area contributed by atoms with Crippen LogP contribution in [0.25, 0.3) is 10.8 Å². The van der Waals surface area contributed by atoms with Crippen LogP contribution in [0.3, 0.4) is 0 Å². The van der Waals surface area contributed by atoms with Crippen LogP contribution in [0.4, 0.5) is 13.2 Å². The molecule has 0 aliphatic carbocycles. The molecule has 0 bridgehead atoms. The number of hydrogen-bond donors (Lipinski definition) is 1. The number of aliphatic carboxylic acids is 1. The molecule has 0 unspecified atom stereocenters. The Labute approximate surface area is 101 Å². The zero-order chi connectivity index (χ0) is 13.3. The number of fused-ring (bicyclic) bond motifs is 1. The molecule has 1 N–H and O–H groups in total. The van der Waals surface area contributed by atoms with Crippen molar-refractivity contribution in [1.82, 2.24) is 0 Å². The van der Waals surface area contributed by atoms with E-state index in [1.54, 1.807) is 6.07 Å². The molecule has 5 heteroatoms. The third-order valence-corrected chi connectivity index (χ3v) is 2.61. The predicted octanol–water partition coefficient (Wildman–Crippen LogP) is 3.49. The lowest BCUT2D eigenvalue weighted by Gasteiger charge is -2.11. The Bertz CT molecular complexity index is 603. The van der Waals surface area contributed by atoms with Gasteiger partial charge in [0.2, 0.25) is 0 Å². The monoisotopic (exact) mass is 254 g/mol. The zero-order valence-corrected chi connectivity index (χ0v) is 9.16. The first-order valence-corrected chi connectivity index (χ1v) is 5.18. The molecule has 2 nitrogen and oxygen atoms in total. The van der Waals surface area contributed by atoms with Crippen LogP contribution < -0.4 is 0 Å². The van der Waals surface area contributed by atoms with E-state index in [1.807, 2.05) is 0 Å². The molecule has 0 fully saturated rings. The van der Waals surface area contributed by atoms with Gasteiger partial charge in [-0.05, 0) is 28.5 Å². The maximum Gasteiger partial charge on any atom is 0.417 e. The first kappa shape index (κ1) is 12.4. The number of rotatable bonds is 2. The van der Waals surface area contributed by atoms with Gasteiger partial charge in [-0.1, -0.05) is 24.3 Å². The minimum atomic E-state index is -4.44. The lowest BCUT2D eigenvalue weighted by molar-refractivity contribution is -0.137. The van der Waals surface area contributed by atoms with Gasteiger partial charge < -0.3 is 5.11 Å². The van der Waals surface area contributed by atoms with E-state index in [2.05, 4.69) is 0 Å². The van der Waals surface area contributed by atoms with Crippen molar-refractivity contribution in [3.63, 3.8) is 0 Å². The lowest BCUT2D eigenvalue weighted by atomic mass is 10.0. The lowest BCUT2D eigenvalue weighted by Crippen LogP contribution is -2.06. The molecule has 0 saturated heterocycles. The third-order valence-electron chi connectivity index (χ3n) is 2.61. The summed E-state index contributed by atoms with van der Waals surface area (Å²) in [5.41, 5.74) is -0.390. The molecule has 0 amide bonds. The molecule has 0 aromatic heterocycles. The average Bonchev–Trinajstić information content (AvgIpc) is 2.26. The number of halogens is 3. The Morgan fingerprint density at radius 2 is 1.89 bits per heavy atom. The van der Waals surface area contributed by atoms with Gasteiger partial charge in [0.05, 0.1) is 12.0 Å². The first-order chi connectivity index (χ1) is 8.38. The van der Waals surface area contributed by atoms with Crippen molar-refractivity contribution in [3.8, 4) is 0 Å². The molecule has 0 saturated carbocycles. The number of carbonyl (C=O) groups is 1. The minimum absolute atomic E-state index is 0.0313. The molecule has 2 rings (SSSR count). The highest BCUT2D eigenvalue weighted by Gasteiger charge is 2.32. The van der Waals surface area contributed by atoms with Crippen molar-refractivity contribution in [2.75, 3.05) is 0 Å². The molecule has 0 atom stereocenters. The Balaban J connectivity index is 2.62. The van der Waals surface area contributed by atoms with Crippen molar-refractivity contribution in [1.29, 1.82) is 0 Å².